The summed E-state index contributed by atoms with van der Waals surface area (Å²) >= 11 is 0. The molecule has 2 N–H and O–H groups in total. The Bertz CT molecular complexity index is 303. The van der Waals surface area contributed by atoms with Crippen molar-refractivity contribution in [2.24, 2.45) is 5.92 Å². The van der Waals surface area contributed by atoms with Crippen molar-refractivity contribution in [3.8, 4) is 0 Å². The van der Waals surface area contributed by atoms with Crippen LogP contribution < -0.4 is 10.6 Å². The Balaban J connectivity index is 2.18. The van der Waals surface area contributed by atoms with Crippen LogP contribution in [0.25, 0.3) is 0 Å². The van der Waals surface area contributed by atoms with E-state index in [1.807, 2.05) is 13.8 Å². The molecule has 2 atom stereocenters. The van der Waals surface area contributed by atoms with E-state index < -0.39 is 0 Å². The standard InChI is InChI=1S/C14H27N3O2/c1-4-17(5-2)13(18)9-10-15-14(19)16-12-8-6-7-11(12)3/h11-12H,4-10H2,1-3H3,(H2,15,16,19)/t11-,12-/m0/s1. The highest BCUT2D eigenvalue weighted by Gasteiger charge is 2.24. The first-order valence-electron chi connectivity index (χ1n) is 7.40. The SMILES string of the molecule is CCN(CC)C(=O)CCNC(=O)N[C@H]1CCC[C@@H]1C. The first-order chi connectivity index (χ1) is 9.08. The lowest BCUT2D eigenvalue weighted by atomic mass is 10.1. The molecule has 19 heavy (non-hydrogen) atoms. The third-order valence-electron chi connectivity index (χ3n) is 3.92. The average molecular weight is 269 g/mol. The van der Waals surface area contributed by atoms with Crippen molar-refractivity contribution < 1.29 is 9.59 Å². The van der Waals surface area contributed by atoms with E-state index in [2.05, 4.69) is 17.6 Å². The summed E-state index contributed by atoms with van der Waals surface area (Å²) in [5.74, 6) is 0.655. The molecule has 5 heteroatoms. The van der Waals surface area contributed by atoms with Gasteiger partial charge < -0.3 is 15.5 Å². The second-order valence-corrected chi connectivity index (χ2v) is 5.23. The maximum atomic E-state index is 11.7. The Labute approximate surface area is 116 Å². The second-order valence-electron chi connectivity index (χ2n) is 5.23. The van der Waals surface area contributed by atoms with E-state index >= 15 is 0 Å². The molecule has 0 aromatic carbocycles. The fourth-order valence-corrected chi connectivity index (χ4v) is 2.60. The summed E-state index contributed by atoms with van der Waals surface area (Å²) in [5.41, 5.74) is 0. The van der Waals surface area contributed by atoms with E-state index in [0.29, 0.717) is 24.9 Å². The highest BCUT2D eigenvalue weighted by Crippen LogP contribution is 2.24. The highest BCUT2D eigenvalue weighted by molar-refractivity contribution is 5.78. The first kappa shape index (κ1) is 15.8. The van der Waals surface area contributed by atoms with Crippen molar-refractivity contribution in [3.63, 3.8) is 0 Å². The number of amides is 3. The summed E-state index contributed by atoms with van der Waals surface area (Å²) in [6.07, 6.45) is 3.81. The van der Waals surface area contributed by atoms with Crippen LogP contribution in [0.4, 0.5) is 4.79 Å². The van der Waals surface area contributed by atoms with Crippen molar-refractivity contribution in [1.82, 2.24) is 15.5 Å². The summed E-state index contributed by atoms with van der Waals surface area (Å²) in [4.78, 5) is 25.2. The van der Waals surface area contributed by atoms with Crippen LogP contribution in [0.2, 0.25) is 0 Å². The summed E-state index contributed by atoms with van der Waals surface area (Å²) in [6, 6.07) is 0.143. The number of carbonyl (C=O) groups excluding carboxylic acids is 2. The fourth-order valence-electron chi connectivity index (χ4n) is 2.60. The fraction of sp³-hybridized carbons (Fsp3) is 0.857. The molecule has 1 fully saturated rings. The molecule has 0 bridgehead atoms. The molecule has 0 radical (unpaired) electrons. The van der Waals surface area contributed by atoms with Gasteiger partial charge in [0, 0.05) is 32.1 Å². The lowest BCUT2D eigenvalue weighted by Crippen LogP contribution is -2.44. The van der Waals surface area contributed by atoms with E-state index in [4.69, 9.17) is 0 Å². The Morgan fingerprint density at radius 1 is 1.21 bits per heavy atom. The molecule has 0 unspecified atom stereocenters. The maximum absolute atomic E-state index is 11.7. The molecular formula is C14H27N3O2. The molecule has 1 saturated carbocycles. The summed E-state index contributed by atoms with van der Waals surface area (Å²) in [5, 5.41) is 5.75. The largest absolute Gasteiger partial charge is 0.343 e. The van der Waals surface area contributed by atoms with Gasteiger partial charge in [0.05, 0.1) is 0 Å². The normalized spacial score (nSPS) is 22.1. The van der Waals surface area contributed by atoms with Gasteiger partial charge in [-0.15, -0.1) is 0 Å². The van der Waals surface area contributed by atoms with Crippen molar-refractivity contribution in [2.45, 2.75) is 52.5 Å². The highest BCUT2D eigenvalue weighted by atomic mass is 16.2. The number of nitrogens with one attached hydrogen (secondary N) is 2. The van der Waals surface area contributed by atoms with Crippen LogP contribution in [0.5, 0.6) is 0 Å². The maximum Gasteiger partial charge on any atom is 0.315 e. The van der Waals surface area contributed by atoms with Crippen LogP contribution in [0.3, 0.4) is 0 Å². The van der Waals surface area contributed by atoms with Gasteiger partial charge >= 0.3 is 6.03 Å². The quantitative estimate of drug-likeness (QED) is 0.771. The van der Waals surface area contributed by atoms with Gasteiger partial charge in [0.25, 0.3) is 0 Å². The molecule has 0 aliphatic heterocycles. The van der Waals surface area contributed by atoms with Crippen molar-refractivity contribution in [2.75, 3.05) is 19.6 Å². The molecule has 110 valence electrons. The van der Waals surface area contributed by atoms with Gasteiger partial charge in [-0.25, -0.2) is 4.79 Å². The van der Waals surface area contributed by atoms with Crippen LogP contribution >= 0.6 is 0 Å². The van der Waals surface area contributed by atoms with Gasteiger partial charge in [-0.2, -0.15) is 0 Å². The molecular weight excluding hydrogens is 242 g/mol. The Hall–Kier alpha value is -1.26. The number of rotatable bonds is 6. The number of hydrogen-bond acceptors (Lipinski definition) is 2. The minimum absolute atomic E-state index is 0.0968. The van der Waals surface area contributed by atoms with E-state index in [1.54, 1.807) is 4.90 Å². The van der Waals surface area contributed by atoms with Gasteiger partial charge in [-0.05, 0) is 32.6 Å². The van der Waals surface area contributed by atoms with Gasteiger partial charge in [0.15, 0.2) is 0 Å². The molecule has 0 spiro atoms. The minimum Gasteiger partial charge on any atom is -0.343 e. The van der Waals surface area contributed by atoms with Crippen LogP contribution in [0, 0.1) is 5.92 Å². The Morgan fingerprint density at radius 2 is 1.89 bits per heavy atom. The zero-order valence-electron chi connectivity index (χ0n) is 12.4. The topological polar surface area (TPSA) is 61.4 Å². The zero-order valence-corrected chi connectivity index (χ0v) is 12.4. The molecule has 1 rings (SSSR count). The van der Waals surface area contributed by atoms with Crippen molar-refractivity contribution in [1.29, 1.82) is 0 Å². The van der Waals surface area contributed by atoms with E-state index in [-0.39, 0.29) is 11.9 Å². The van der Waals surface area contributed by atoms with Crippen LogP contribution in [0.15, 0.2) is 0 Å². The number of hydrogen-bond donors (Lipinski definition) is 2. The molecule has 0 aromatic heterocycles. The number of carbonyl (C=O) groups is 2. The van der Waals surface area contributed by atoms with Gasteiger partial charge in [0.2, 0.25) is 5.91 Å². The number of nitrogens with zero attached hydrogens (tertiary/aromatic N) is 1. The third kappa shape index (κ3) is 5.09. The summed E-state index contributed by atoms with van der Waals surface area (Å²) in [6.45, 7) is 7.94. The van der Waals surface area contributed by atoms with Gasteiger partial charge in [-0.1, -0.05) is 13.3 Å². The Morgan fingerprint density at radius 3 is 2.42 bits per heavy atom. The lowest BCUT2D eigenvalue weighted by Gasteiger charge is -2.20. The van der Waals surface area contributed by atoms with Crippen LogP contribution in [-0.4, -0.2) is 42.5 Å². The predicted molar refractivity (Wildman–Crippen MR) is 75.9 cm³/mol. The smallest absolute Gasteiger partial charge is 0.315 e. The van der Waals surface area contributed by atoms with Crippen LogP contribution in [-0.2, 0) is 4.79 Å². The predicted octanol–water partition coefficient (Wildman–Crippen LogP) is 1.73. The zero-order chi connectivity index (χ0) is 14.3. The second kappa shape index (κ2) is 8.02. The minimum atomic E-state index is -0.147. The van der Waals surface area contributed by atoms with Crippen LogP contribution in [0.1, 0.15) is 46.5 Å². The molecule has 0 saturated heterocycles. The lowest BCUT2D eigenvalue weighted by molar-refractivity contribution is -0.130. The van der Waals surface area contributed by atoms with Gasteiger partial charge in [0.1, 0.15) is 0 Å². The third-order valence-corrected chi connectivity index (χ3v) is 3.92. The average Bonchev–Trinajstić information content (AvgIpc) is 2.76. The molecule has 3 amide bonds. The molecule has 0 aromatic rings. The van der Waals surface area contributed by atoms with Crippen molar-refractivity contribution in [3.05, 3.63) is 0 Å². The molecule has 1 aliphatic carbocycles. The van der Waals surface area contributed by atoms with E-state index in [0.717, 1.165) is 19.5 Å². The Kier molecular flexibility index (Phi) is 6.67. The van der Waals surface area contributed by atoms with E-state index in [9.17, 15) is 9.59 Å². The monoisotopic (exact) mass is 269 g/mol. The summed E-state index contributed by atoms with van der Waals surface area (Å²) in [7, 11) is 0. The summed E-state index contributed by atoms with van der Waals surface area (Å²) < 4.78 is 0. The molecule has 1 aliphatic rings. The van der Waals surface area contributed by atoms with E-state index in [1.165, 1.54) is 12.8 Å². The van der Waals surface area contributed by atoms with Crippen molar-refractivity contribution >= 4 is 11.9 Å². The molecule has 0 heterocycles. The van der Waals surface area contributed by atoms with Gasteiger partial charge in [-0.3, -0.25) is 4.79 Å². The molecule has 5 nitrogen and oxygen atoms in total. The number of urea groups is 1. The first-order valence-corrected chi connectivity index (χ1v) is 7.40.